The molecule has 1 atom stereocenters. The summed E-state index contributed by atoms with van der Waals surface area (Å²) in [5.74, 6) is -0.532. The van der Waals surface area contributed by atoms with Crippen LogP contribution in [0, 0.1) is 0 Å². The van der Waals surface area contributed by atoms with Gasteiger partial charge in [-0.05, 0) is 82.6 Å². The summed E-state index contributed by atoms with van der Waals surface area (Å²) in [6.45, 7) is 1.62. The fourth-order valence-electron chi connectivity index (χ4n) is 6.60. The van der Waals surface area contributed by atoms with E-state index >= 15 is 4.39 Å². The van der Waals surface area contributed by atoms with Gasteiger partial charge in [0.05, 0.1) is 16.9 Å². The number of halogens is 1. The van der Waals surface area contributed by atoms with E-state index in [0.29, 0.717) is 27.8 Å². The highest BCUT2D eigenvalue weighted by Gasteiger charge is 2.41. The van der Waals surface area contributed by atoms with Crippen molar-refractivity contribution in [2.24, 2.45) is 0 Å². The Morgan fingerprint density at radius 3 is 2.00 bits per heavy atom. The number of hydrogen-bond acceptors (Lipinski definition) is 3. The lowest BCUT2D eigenvalue weighted by Gasteiger charge is -2.40. The van der Waals surface area contributed by atoms with E-state index in [-0.39, 0.29) is 17.1 Å². The molecule has 1 unspecified atom stereocenters. The molecule has 0 saturated heterocycles. The van der Waals surface area contributed by atoms with Crippen LogP contribution in [0.25, 0.3) is 27.6 Å². The maximum Gasteiger partial charge on any atom is 0.197 e. The molecule has 3 nitrogen and oxygen atoms in total. The quantitative estimate of drug-likeness (QED) is 0.161. The fraction of sp³-hybridized carbons (Fsp3) is 0.0526. The molecule has 8 rings (SSSR count). The average Bonchev–Trinajstić information content (AvgIpc) is 3.24. The maximum atomic E-state index is 16.9. The summed E-state index contributed by atoms with van der Waals surface area (Å²) in [6.07, 6.45) is 1.66. The third-order valence-corrected chi connectivity index (χ3v) is 8.57. The summed E-state index contributed by atoms with van der Waals surface area (Å²) in [5.41, 5.74) is 3.75. The van der Waals surface area contributed by atoms with E-state index in [1.54, 1.807) is 25.1 Å². The van der Waals surface area contributed by atoms with E-state index in [2.05, 4.69) is 4.90 Å². The molecule has 6 aromatic carbocycles. The van der Waals surface area contributed by atoms with Crippen molar-refractivity contribution >= 4 is 56.2 Å². The Morgan fingerprint density at radius 2 is 1.29 bits per heavy atom. The molecule has 0 amide bonds. The van der Waals surface area contributed by atoms with E-state index in [4.69, 9.17) is 0 Å². The van der Waals surface area contributed by atoms with Gasteiger partial charge in [-0.3, -0.25) is 9.59 Å². The molecule has 0 fully saturated rings. The maximum absolute atomic E-state index is 16.9. The van der Waals surface area contributed by atoms with Crippen molar-refractivity contribution in [3.8, 4) is 0 Å². The van der Waals surface area contributed by atoms with Gasteiger partial charge in [-0.25, -0.2) is 4.39 Å². The number of benzene rings is 6. The Morgan fingerprint density at radius 1 is 0.643 bits per heavy atom. The summed E-state index contributed by atoms with van der Waals surface area (Å²) in [7, 11) is 0. The number of rotatable bonds is 2. The first kappa shape index (κ1) is 24.4. The first-order valence-corrected chi connectivity index (χ1v) is 14.0. The second kappa shape index (κ2) is 8.82. The lowest BCUT2D eigenvalue weighted by molar-refractivity contribution is 0.0990. The van der Waals surface area contributed by atoms with E-state index in [1.807, 2.05) is 109 Å². The van der Waals surface area contributed by atoms with Gasteiger partial charge in [0.25, 0.3) is 0 Å². The van der Waals surface area contributed by atoms with E-state index in [1.165, 1.54) is 0 Å². The number of fused-ring (bicyclic) bond motifs is 6. The normalized spacial score (nSPS) is 17.4. The number of allylic oxidation sites excluding steroid dienone is 1. The number of carbonyl (C=O) groups is 2. The fourth-order valence-corrected chi connectivity index (χ4v) is 6.60. The number of carbonyl (C=O) groups excluding carboxylic acids is 2. The zero-order valence-corrected chi connectivity index (χ0v) is 22.8. The molecule has 1 aliphatic carbocycles. The molecule has 1 aliphatic heterocycles. The second-order valence-corrected chi connectivity index (χ2v) is 11.1. The highest BCUT2D eigenvalue weighted by atomic mass is 19.1. The zero-order valence-electron chi connectivity index (χ0n) is 22.8. The molecule has 42 heavy (non-hydrogen) atoms. The van der Waals surface area contributed by atoms with Gasteiger partial charge in [-0.15, -0.1) is 0 Å². The van der Waals surface area contributed by atoms with Gasteiger partial charge in [0.1, 0.15) is 0 Å². The summed E-state index contributed by atoms with van der Waals surface area (Å²) < 4.78 is 16.9. The number of alkyl halides is 1. The molecule has 0 bridgehead atoms. The third kappa shape index (κ3) is 3.45. The van der Waals surface area contributed by atoms with Crippen LogP contribution in [0.2, 0.25) is 0 Å². The Labute approximate surface area is 242 Å². The molecule has 6 aromatic rings. The Kier molecular flexibility index (Phi) is 5.14. The molecule has 0 aromatic heterocycles. The summed E-state index contributed by atoms with van der Waals surface area (Å²) in [4.78, 5) is 28.8. The summed E-state index contributed by atoms with van der Waals surface area (Å²) in [5, 5.41) is 3.47. The van der Waals surface area contributed by atoms with Gasteiger partial charge < -0.3 is 4.90 Å². The van der Waals surface area contributed by atoms with Crippen LogP contribution in [0.4, 0.5) is 21.5 Å². The van der Waals surface area contributed by atoms with E-state index in [0.717, 1.165) is 38.6 Å². The molecular weight excluding hydrogens is 521 g/mol. The van der Waals surface area contributed by atoms with Gasteiger partial charge in [0.15, 0.2) is 17.2 Å². The molecule has 0 N–H and O–H groups in total. The van der Waals surface area contributed by atoms with Crippen LogP contribution in [0.5, 0.6) is 0 Å². The molecular formula is C38H24FNO2. The predicted molar refractivity (Wildman–Crippen MR) is 167 cm³/mol. The van der Waals surface area contributed by atoms with Crippen molar-refractivity contribution < 1.29 is 14.0 Å². The number of para-hydroxylation sites is 2. The smallest absolute Gasteiger partial charge is 0.197 e. The van der Waals surface area contributed by atoms with Crippen molar-refractivity contribution in [2.75, 3.05) is 4.90 Å². The van der Waals surface area contributed by atoms with Crippen molar-refractivity contribution in [3.05, 3.63) is 155 Å². The molecule has 0 radical (unpaired) electrons. The average molecular weight is 546 g/mol. The third-order valence-electron chi connectivity index (χ3n) is 8.57. The van der Waals surface area contributed by atoms with E-state index in [9.17, 15) is 9.59 Å². The molecule has 1 heterocycles. The van der Waals surface area contributed by atoms with Crippen LogP contribution in [-0.2, 0) is 5.67 Å². The molecule has 0 saturated carbocycles. The number of hydrogen-bond donors (Lipinski definition) is 0. The Balaban J connectivity index is 1.27. The van der Waals surface area contributed by atoms with Crippen LogP contribution >= 0.6 is 0 Å². The Bertz CT molecular complexity index is 2100. The SMILES string of the molecule is CC1(F)c2ccccc2N(c2ccccc2)c2ccc3cc(C=C4C(=O)c5cc6ccccc6cc5C4=O)ccc3c21. The zero-order chi connectivity index (χ0) is 28.6. The van der Waals surface area contributed by atoms with Crippen LogP contribution < -0.4 is 4.90 Å². The number of anilines is 3. The largest absolute Gasteiger partial charge is 0.310 e. The van der Waals surface area contributed by atoms with Crippen molar-refractivity contribution in [1.29, 1.82) is 0 Å². The topological polar surface area (TPSA) is 37.4 Å². The molecule has 200 valence electrons. The summed E-state index contributed by atoms with van der Waals surface area (Å²) >= 11 is 0. The molecule has 4 heteroatoms. The van der Waals surface area contributed by atoms with Gasteiger partial charge in [0.2, 0.25) is 0 Å². The van der Waals surface area contributed by atoms with Crippen molar-refractivity contribution in [1.82, 2.24) is 0 Å². The first-order chi connectivity index (χ1) is 20.4. The van der Waals surface area contributed by atoms with Crippen LogP contribution in [0.15, 0.2) is 127 Å². The lowest BCUT2D eigenvalue weighted by Crippen LogP contribution is -2.29. The van der Waals surface area contributed by atoms with Gasteiger partial charge in [-0.2, -0.15) is 0 Å². The number of ketones is 2. The monoisotopic (exact) mass is 545 g/mol. The minimum absolute atomic E-state index is 0.150. The van der Waals surface area contributed by atoms with E-state index < -0.39 is 5.67 Å². The van der Waals surface area contributed by atoms with Crippen LogP contribution in [0.1, 0.15) is 44.3 Å². The molecule has 2 aliphatic rings. The van der Waals surface area contributed by atoms with Crippen LogP contribution in [-0.4, -0.2) is 11.6 Å². The van der Waals surface area contributed by atoms with Crippen molar-refractivity contribution in [2.45, 2.75) is 12.6 Å². The molecule has 0 spiro atoms. The summed E-state index contributed by atoms with van der Waals surface area (Å²) in [6, 6.07) is 38.5. The standard InChI is InChI=1S/C38H24FNO2/c1-38(39)32-13-7-8-14-33(32)40(27-11-3-2-4-12-27)34-18-16-26-19-23(15-17-28(26)35(34)38)20-31-36(41)29-21-24-9-5-6-10-25(24)22-30(29)37(31)42/h2-22H,1H3. The second-order valence-electron chi connectivity index (χ2n) is 11.1. The van der Waals surface area contributed by atoms with Crippen molar-refractivity contribution in [3.63, 3.8) is 0 Å². The van der Waals surface area contributed by atoms with Gasteiger partial charge in [0, 0.05) is 27.9 Å². The van der Waals surface area contributed by atoms with Gasteiger partial charge >= 0.3 is 0 Å². The minimum Gasteiger partial charge on any atom is -0.310 e. The highest BCUT2D eigenvalue weighted by Crippen LogP contribution is 2.54. The Hall–Kier alpha value is -5.35. The van der Waals surface area contributed by atoms with Crippen LogP contribution in [0.3, 0.4) is 0 Å². The van der Waals surface area contributed by atoms with Gasteiger partial charge in [-0.1, -0.05) is 78.9 Å². The predicted octanol–water partition coefficient (Wildman–Crippen LogP) is 9.47. The lowest BCUT2D eigenvalue weighted by atomic mass is 9.80. The highest BCUT2D eigenvalue weighted by molar-refractivity contribution is 6.42. The number of nitrogens with zero attached hydrogens (tertiary/aromatic N) is 1. The first-order valence-electron chi connectivity index (χ1n) is 14.0. The minimum atomic E-state index is -1.74. The number of Topliss-reactive ketones (excluding diaryl/α,β-unsaturated/α-hetero) is 2.